The zero-order valence-corrected chi connectivity index (χ0v) is 14.9. The van der Waals surface area contributed by atoms with E-state index in [0.717, 1.165) is 26.3 Å². The number of hydrogen-bond acceptors (Lipinski definition) is 3. The maximum absolute atomic E-state index is 6.23. The molecule has 0 saturated carbocycles. The van der Waals surface area contributed by atoms with Crippen molar-refractivity contribution in [2.24, 2.45) is 0 Å². The second kappa shape index (κ2) is 7.45. The molecule has 0 saturated heterocycles. The topological polar surface area (TPSA) is 24.9 Å². The summed E-state index contributed by atoms with van der Waals surface area (Å²) in [5, 5.41) is 7.99. The fourth-order valence-electron chi connectivity index (χ4n) is 2.27. The van der Waals surface area contributed by atoms with Crippen LogP contribution < -0.4 is 5.32 Å². The summed E-state index contributed by atoms with van der Waals surface area (Å²) in [4.78, 5) is 4.67. The fourth-order valence-corrected chi connectivity index (χ4v) is 3.54. The summed E-state index contributed by atoms with van der Waals surface area (Å²) >= 11 is 13.8. The third-order valence-electron chi connectivity index (χ3n) is 3.62. The molecule has 0 unspecified atom stereocenters. The van der Waals surface area contributed by atoms with E-state index in [1.54, 1.807) is 11.3 Å². The van der Waals surface area contributed by atoms with Crippen molar-refractivity contribution in [1.82, 2.24) is 10.3 Å². The Morgan fingerprint density at radius 1 is 1.09 bits per heavy atom. The lowest BCUT2D eigenvalue weighted by Gasteiger charge is -2.13. The van der Waals surface area contributed by atoms with Crippen LogP contribution in [0.5, 0.6) is 0 Å². The highest BCUT2D eigenvalue weighted by molar-refractivity contribution is 7.13. The standard InChI is InChI=1S/C18H16Cl2N2S/c1-12(13-6-8-14(19)9-7-13)21-10-15-11-23-18(22-15)16-4-2-3-5-17(16)20/h2-9,11-12,21H,10H2,1H3/t12-/m1/s1. The molecule has 0 amide bonds. The molecule has 1 N–H and O–H groups in total. The van der Waals surface area contributed by atoms with Gasteiger partial charge in [-0.05, 0) is 30.7 Å². The molecule has 23 heavy (non-hydrogen) atoms. The highest BCUT2D eigenvalue weighted by atomic mass is 35.5. The van der Waals surface area contributed by atoms with Gasteiger partial charge in [0.1, 0.15) is 5.01 Å². The minimum Gasteiger partial charge on any atom is -0.305 e. The Hall–Kier alpha value is -1.39. The van der Waals surface area contributed by atoms with Crippen molar-refractivity contribution < 1.29 is 0 Å². The normalized spacial score (nSPS) is 12.3. The third-order valence-corrected chi connectivity index (χ3v) is 5.12. The molecule has 1 heterocycles. The molecule has 2 aromatic carbocycles. The Bertz CT molecular complexity index is 784. The lowest BCUT2D eigenvalue weighted by Crippen LogP contribution is -2.18. The first-order chi connectivity index (χ1) is 11.1. The van der Waals surface area contributed by atoms with Gasteiger partial charge in [0.05, 0.1) is 10.7 Å². The molecule has 0 bridgehead atoms. The van der Waals surface area contributed by atoms with Gasteiger partial charge in [0.15, 0.2) is 0 Å². The second-order valence-electron chi connectivity index (χ2n) is 5.28. The van der Waals surface area contributed by atoms with Crippen LogP contribution in [0.25, 0.3) is 10.6 Å². The van der Waals surface area contributed by atoms with Crippen molar-refractivity contribution in [2.45, 2.75) is 19.5 Å². The van der Waals surface area contributed by atoms with E-state index in [1.807, 2.05) is 48.5 Å². The molecule has 1 aromatic heterocycles. The van der Waals surface area contributed by atoms with Gasteiger partial charge in [0.2, 0.25) is 0 Å². The van der Waals surface area contributed by atoms with Gasteiger partial charge >= 0.3 is 0 Å². The predicted octanol–water partition coefficient (Wildman–Crippen LogP) is 5.97. The summed E-state index contributed by atoms with van der Waals surface area (Å²) in [5.41, 5.74) is 3.21. The minimum absolute atomic E-state index is 0.234. The van der Waals surface area contributed by atoms with Gasteiger partial charge < -0.3 is 5.32 Å². The number of nitrogens with zero attached hydrogens (tertiary/aromatic N) is 1. The van der Waals surface area contributed by atoms with Crippen LogP contribution >= 0.6 is 34.5 Å². The first-order valence-corrected chi connectivity index (χ1v) is 8.95. The zero-order valence-electron chi connectivity index (χ0n) is 12.6. The molecule has 0 radical (unpaired) electrons. The molecule has 3 rings (SSSR count). The lowest BCUT2D eigenvalue weighted by atomic mass is 10.1. The second-order valence-corrected chi connectivity index (χ2v) is 6.98. The minimum atomic E-state index is 0.234. The monoisotopic (exact) mass is 362 g/mol. The van der Waals surface area contributed by atoms with E-state index in [1.165, 1.54) is 5.56 Å². The summed E-state index contributed by atoms with van der Waals surface area (Å²) in [6.45, 7) is 2.84. The molecule has 0 aliphatic heterocycles. The maximum atomic E-state index is 6.23. The fraction of sp³-hybridized carbons (Fsp3) is 0.167. The van der Waals surface area contributed by atoms with E-state index in [2.05, 4.69) is 22.6 Å². The van der Waals surface area contributed by atoms with Crippen LogP contribution in [0.15, 0.2) is 53.9 Å². The molecule has 1 atom stereocenters. The van der Waals surface area contributed by atoms with Gasteiger partial charge in [0.25, 0.3) is 0 Å². The molecule has 0 spiro atoms. The molecule has 5 heteroatoms. The predicted molar refractivity (Wildman–Crippen MR) is 99.3 cm³/mol. The zero-order chi connectivity index (χ0) is 16.2. The Morgan fingerprint density at radius 3 is 2.57 bits per heavy atom. The first kappa shape index (κ1) is 16.5. The Labute approximate surface area is 150 Å². The largest absolute Gasteiger partial charge is 0.305 e. The highest BCUT2D eigenvalue weighted by Crippen LogP contribution is 2.30. The summed E-state index contributed by atoms with van der Waals surface area (Å²) in [6, 6.07) is 15.9. The van der Waals surface area contributed by atoms with Crippen LogP contribution in [0.1, 0.15) is 24.2 Å². The van der Waals surface area contributed by atoms with Gasteiger partial charge in [-0.1, -0.05) is 53.5 Å². The Morgan fingerprint density at radius 2 is 1.83 bits per heavy atom. The average molecular weight is 363 g/mol. The van der Waals surface area contributed by atoms with Crippen LogP contribution in [0.3, 0.4) is 0 Å². The van der Waals surface area contributed by atoms with Gasteiger partial charge in [-0.15, -0.1) is 11.3 Å². The van der Waals surface area contributed by atoms with Gasteiger partial charge in [-0.25, -0.2) is 4.98 Å². The van der Waals surface area contributed by atoms with Crippen molar-refractivity contribution in [3.05, 3.63) is 75.2 Å². The molecular weight excluding hydrogens is 347 g/mol. The van der Waals surface area contributed by atoms with Crippen molar-refractivity contribution in [1.29, 1.82) is 0 Å². The Balaban J connectivity index is 1.65. The van der Waals surface area contributed by atoms with Gasteiger partial charge in [-0.3, -0.25) is 0 Å². The number of benzene rings is 2. The van der Waals surface area contributed by atoms with Crippen molar-refractivity contribution in [3.63, 3.8) is 0 Å². The quantitative estimate of drug-likeness (QED) is 0.604. The average Bonchev–Trinajstić information content (AvgIpc) is 3.02. The van der Waals surface area contributed by atoms with E-state index in [4.69, 9.17) is 23.2 Å². The van der Waals surface area contributed by atoms with E-state index in [9.17, 15) is 0 Å². The van der Waals surface area contributed by atoms with Crippen LogP contribution in [-0.2, 0) is 6.54 Å². The van der Waals surface area contributed by atoms with E-state index in [-0.39, 0.29) is 6.04 Å². The van der Waals surface area contributed by atoms with Crippen molar-refractivity contribution in [3.8, 4) is 10.6 Å². The van der Waals surface area contributed by atoms with E-state index in [0.29, 0.717) is 6.54 Å². The summed E-state index contributed by atoms with van der Waals surface area (Å²) in [5.74, 6) is 0. The molecule has 0 aliphatic carbocycles. The number of aromatic nitrogens is 1. The highest BCUT2D eigenvalue weighted by Gasteiger charge is 2.09. The van der Waals surface area contributed by atoms with Crippen LogP contribution in [0.4, 0.5) is 0 Å². The van der Waals surface area contributed by atoms with Crippen molar-refractivity contribution in [2.75, 3.05) is 0 Å². The lowest BCUT2D eigenvalue weighted by molar-refractivity contribution is 0.569. The van der Waals surface area contributed by atoms with E-state index >= 15 is 0 Å². The number of thiazole rings is 1. The first-order valence-electron chi connectivity index (χ1n) is 7.31. The Kier molecular flexibility index (Phi) is 5.34. The van der Waals surface area contributed by atoms with Crippen molar-refractivity contribution >= 4 is 34.5 Å². The summed E-state index contributed by atoms with van der Waals surface area (Å²) in [7, 11) is 0. The van der Waals surface area contributed by atoms with Crippen LogP contribution in [0, 0.1) is 0 Å². The van der Waals surface area contributed by atoms with Crippen LogP contribution in [0.2, 0.25) is 10.0 Å². The number of rotatable bonds is 5. The van der Waals surface area contributed by atoms with Gasteiger partial charge in [0, 0.05) is 28.6 Å². The maximum Gasteiger partial charge on any atom is 0.125 e. The third kappa shape index (κ3) is 4.12. The number of hydrogen-bond donors (Lipinski definition) is 1. The van der Waals surface area contributed by atoms with Gasteiger partial charge in [-0.2, -0.15) is 0 Å². The summed E-state index contributed by atoms with van der Waals surface area (Å²) < 4.78 is 0. The molecule has 0 fully saturated rings. The number of halogens is 2. The molecule has 3 aromatic rings. The molecule has 0 aliphatic rings. The molecule has 118 valence electrons. The molecular formula is C18H16Cl2N2S. The molecule has 2 nitrogen and oxygen atoms in total. The number of nitrogens with one attached hydrogen (secondary N) is 1. The van der Waals surface area contributed by atoms with Crippen LogP contribution in [-0.4, -0.2) is 4.98 Å². The van der Waals surface area contributed by atoms with E-state index < -0.39 is 0 Å². The SMILES string of the molecule is C[C@@H](NCc1csc(-c2ccccc2Cl)n1)c1ccc(Cl)cc1. The smallest absolute Gasteiger partial charge is 0.125 e. The summed E-state index contributed by atoms with van der Waals surface area (Å²) in [6.07, 6.45) is 0.